The van der Waals surface area contributed by atoms with Crippen LogP contribution in [0.5, 0.6) is 0 Å². The number of ketones is 1. The molecule has 1 aliphatic rings. The number of nitrogens with one attached hydrogen (secondary N) is 1. The van der Waals surface area contributed by atoms with Gasteiger partial charge in [-0.05, 0) is 11.6 Å². The van der Waals surface area contributed by atoms with Gasteiger partial charge >= 0.3 is 0 Å². The third-order valence-corrected chi connectivity index (χ3v) is 4.19. The van der Waals surface area contributed by atoms with Gasteiger partial charge in [0, 0.05) is 43.8 Å². The van der Waals surface area contributed by atoms with Gasteiger partial charge in [-0.25, -0.2) is 8.78 Å². The minimum Gasteiger partial charge on any atom is -0.371 e. The lowest BCUT2D eigenvalue weighted by Gasteiger charge is -2.40. The van der Waals surface area contributed by atoms with Crippen molar-refractivity contribution < 1.29 is 18.4 Å². The van der Waals surface area contributed by atoms with E-state index in [1.165, 1.54) is 6.07 Å². The van der Waals surface area contributed by atoms with Crippen LogP contribution in [-0.2, 0) is 16.0 Å². The zero-order valence-electron chi connectivity index (χ0n) is 17.1. The van der Waals surface area contributed by atoms with E-state index in [2.05, 4.69) is 25.7 Å². The van der Waals surface area contributed by atoms with Gasteiger partial charge in [0.2, 0.25) is 5.91 Å². The number of amides is 1. The number of hydrogen-bond donors (Lipinski definition) is 1. The largest absolute Gasteiger partial charge is 0.371 e. The fraction of sp³-hybridized carbons (Fsp3) is 0.455. The zero-order valence-corrected chi connectivity index (χ0v) is 17.1. The summed E-state index contributed by atoms with van der Waals surface area (Å²) in [5, 5.41) is 3.12. The molecule has 0 aliphatic carbocycles. The first kappa shape index (κ1) is 23.5. The van der Waals surface area contributed by atoms with Gasteiger partial charge in [-0.15, -0.1) is 0 Å². The van der Waals surface area contributed by atoms with Crippen LogP contribution in [0.15, 0.2) is 42.8 Å². The molecule has 0 aromatic heterocycles. The van der Waals surface area contributed by atoms with Crippen molar-refractivity contribution in [3.63, 3.8) is 0 Å². The summed E-state index contributed by atoms with van der Waals surface area (Å²) in [6.45, 7) is 13.3. The summed E-state index contributed by atoms with van der Waals surface area (Å²) in [5.74, 6) is -1.11. The molecule has 0 atom stereocenters. The standard InChI is InChI=1S/C20H24F2N2O2.C2H6/c1-14-23-12-20(2,3)13-24(14)19(26)7-5-4-6-17(25)10-15-8-9-16(21)11-18(15)22;1-2/h4-5,8-9,11,23H,1,6-7,10,12-13H2,2-3H3;1-2H3/b5-4-;. The van der Waals surface area contributed by atoms with Gasteiger partial charge in [0.15, 0.2) is 0 Å². The summed E-state index contributed by atoms with van der Waals surface area (Å²) < 4.78 is 26.4. The number of allylic oxidation sites excluding steroid dienone is 1. The van der Waals surface area contributed by atoms with Crippen molar-refractivity contribution in [1.29, 1.82) is 0 Å². The fourth-order valence-corrected chi connectivity index (χ4v) is 2.71. The van der Waals surface area contributed by atoms with E-state index >= 15 is 0 Å². The molecule has 1 N–H and O–H groups in total. The summed E-state index contributed by atoms with van der Waals surface area (Å²) in [6.07, 6.45) is 3.39. The first-order valence-corrected chi connectivity index (χ1v) is 9.52. The van der Waals surface area contributed by atoms with Gasteiger partial charge in [0.1, 0.15) is 23.2 Å². The van der Waals surface area contributed by atoms with E-state index in [-0.39, 0.29) is 41.9 Å². The van der Waals surface area contributed by atoms with Gasteiger partial charge in [-0.1, -0.05) is 52.5 Å². The molecule has 1 amide bonds. The second kappa shape index (κ2) is 10.7. The summed E-state index contributed by atoms with van der Waals surface area (Å²) in [7, 11) is 0. The van der Waals surface area contributed by atoms with Crippen molar-refractivity contribution in [1.82, 2.24) is 10.2 Å². The Hall–Kier alpha value is -2.50. The van der Waals surface area contributed by atoms with Crippen LogP contribution in [0, 0.1) is 17.0 Å². The quantitative estimate of drug-likeness (QED) is 0.732. The number of halogens is 2. The Morgan fingerprint density at radius 2 is 1.86 bits per heavy atom. The van der Waals surface area contributed by atoms with Crippen molar-refractivity contribution in [2.75, 3.05) is 13.1 Å². The normalized spacial score (nSPS) is 15.6. The van der Waals surface area contributed by atoms with Gasteiger partial charge in [0.25, 0.3) is 0 Å². The van der Waals surface area contributed by atoms with Gasteiger partial charge < -0.3 is 5.32 Å². The average molecular weight is 392 g/mol. The monoisotopic (exact) mass is 392 g/mol. The lowest BCUT2D eigenvalue weighted by Crippen LogP contribution is -2.51. The molecule has 6 heteroatoms. The molecular formula is C22H30F2N2O2. The first-order valence-electron chi connectivity index (χ1n) is 9.52. The number of benzene rings is 1. The zero-order chi connectivity index (χ0) is 21.3. The van der Waals surface area contributed by atoms with Crippen LogP contribution in [0.4, 0.5) is 8.78 Å². The van der Waals surface area contributed by atoms with E-state index in [1.54, 1.807) is 17.1 Å². The van der Waals surface area contributed by atoms with Crippen LogP contribution in [0.1, 0.15) is 46.1 Å². The van der Waals surface area contributed by atoms with E-state index in [0.29, 0.717) is 12.4 Å². The van der Waals surface area contributed by atoms with E-state index < -0.39 is 11.6 Å². The van der Waals surface area contributed by atoms with Crippen molar-refractivity contribution in [2.24, 2.45) is 5.41 Å². The minimum absolute atomic E-state index is 0.0320. The van der Waals surface area contributed by atoms with Crippen molar-refractivity contribution in [3.8, 4) is 0 Å². The Bertz CT molecular complexity index is 742. The highest BCUT2D eigenvalue weighted by Crippen LogP contribution is 2.23. The summed E-state index contributed by atoms with van der Waals surface area (Å²) in [4.78, 5) is 25.8. The molecule has 1 saturated heterocycles. The predicted molar refractivity (Wildman–Crippen MR) is 107 cm³/mol. The molecule has 1 heterocycles. The number of rotatable bonds is 6. The summed E-state index contributed by atoms with van der Waals surface area (Å²) in [5.41, 5.74) is 0.134. The molecule has 0 spiro atoms. The highest BCUT2D eigenvalue weighted by atomic mass is 19.1. The average Bonchev–Trinajstić information content (AvgIpc) is 2.64. The molecule has 1 aromatic rings. The number of nitrogens with zero attached hydrogens (tertiary/aromatic N) is 1. The van der Waals surface area contributed by atoms with Crippen molar-refractivity contribution >= 4 is 11.7 Å². The lowest BCUT2D eigenvalue weighted by atomic mass is 9.91. The molecule has 2 rings (SSSR count). The van der Waals surface area contributed by atoms with E-state index in [1.807, 2.05) is 13.8 Å². The minimum atomic E-state index is -0.726. The molecule has 0 saturated carbocycles. The van der Waals surface area contributed by atoms with Crippen LogP contribution >= 0.6 is 0 Å². The topological polar surface area (TPSA) is 49.4 Å². The van der Waals surface area contributed by atoms with Gasteiger partial charge in [0.05, 0.1) is 0 Å². The summed E-state index contributed by atoms with van der Waals surface area (Å²) >= 11 is 0. The molecule has 0 unspecified atom stereocenters. The Kier molecular flexibility index (Phi) is 9.03. The van der Waals surface area contributed by atoms with E-state index in [0.717, 1.165) is 18.7 Å². The molecular weight excluding hydrogens is 362 g/mol. The number of carbonyl (C=O) groups excluding carboxylic acids is 2. The highest BCUT2D eigenvalue weighted by Gasteiger charge is 2.30. The number of Topliss-reactive ketones (excluding diaryl/α,β-unsaturated/α-hetero) is 1. The molecule has 4 nitrogen and oxygen atoms in total. The SMILES string of the molecule is C=C1NCC(C)(C)CN1C(=O)C/C=C\CC(=O)Cc1ccc(F)cc1F.CC. The Morgan fingerprint density at radius 1 is 1.21 bits per heavy atom. The van der Waals surface area contributed by atoms with Gasteiger partial charge in [-0.3, -0.25) is 14.5 Å². The molecule has 1 aliphatic heterocycles. The maximum atomic E-state index is 13.5. The van der Waals surface area contributed by atoms with Crippen molar-refractivity contribution in [2.45, 2.75) is 47.0 Å². The molecule has 1 aromatic carbocycles. The molecule has 0 bridgehead atoms. The second-order valence-electron chi connectivity index (χ2n) is 7.28. The molecule has 154 valence electrons. The Labute approximate surface area is 166 Å². The number of carbonyl (C=O) groups is 2. The van der Waals surface area contributed by atoms with Crippen LogP contribution in [-0.4, -0.2) is 29.7 Å². The van der Waals surface area contributed by atoms with Crippen molar-refractivity contribution in [3.05, 3.63) is 59.9 Å². The second-order valence-corrected chi connectivity index (χ2v) is 7.28. The third kappa shape index (κ3) is 7.25. The predicted octanol–water partition coefficient (Wildman–Crippen LogP) is 4.37. The summed E-state index contributed by atoms with van der Waals surface area (Å²) in [6, 6.07) is 3.16. The van der Waals surface area contributed by atoms with E-state index in [9.17, 15) is 18.4 Å². The van der Waals surface area contributed by atoms with Crippen LogP contribution < -0.4 is 5.32 Å². The first-order chi connectivity index (χ1) is 13.2. The fourth-order valence-electron chi connectivity index (χ4n) is 2.71. The Balaban J connectivity index is 0.00000190. The van der Waals surface area contributed by atoms with E-state index in [4.69, 9.17) is 0 Å². The maximum absolute atomic E-state index is 13.5. The number of hydrogen-bond acceptors (Lipinski definition) is 3. The van der Waals surface area contributed by atoms with Crippen LogP contribution in [0.3, 0.4) is 0 Å². The smallest absolute Gasteiger partial charge is 0.231 e. The Morgan fingerprint density at radius 3 is 2.50 bits per heavy atom. The highest BCUT2D eigenvalue weighted by molar-refractivity contribution is 5.83. The third-order valence-electron chi connectivity index (χ3n) is 4.19. The molecule has 1 fully saturated rings. The lowest BCUT2D eigenvalue weighted by molar-refractivity contribution is -0.130. The molecule has 0 radical (unpaired) electrons. The maximum Gasteiger partial charge on any atom is 0.231 e. The van der Waals surface area contributed by atoms with Gasteiger partial charge in [-0.2, -0.15) is 0 Å². The van der Waals surface area contributed by atoms with Crippen LogP contribution in [0.2, 0.25) is 0 Å². The van der Waals surface area contributed by atoms with Crippen LogP contribution in [0.25, 0.3) is 0 Å². The molecule has 28 heavy (non-hydrogen) atoms.